The van der Waals surface area contributed by atoms with Crippen molar-refractivity contribution in [2.45, 2.75) is 45.2 Å². The van der Waals surface area contributed by atoms with Crippen molar-refractivity contribution >= 4 is 0 Å². The number of nitriles is 1. The number of hydrogen-bond acceptors (Lipinski definition) is 2. The van der Waals surface area contributed by atoms with E-state index < -0.39 is 0 Å². The number of nitrogens with zero attached hydrogens (tertiary/aromatic N) is 1. The van der Waals surface area contributed by atoms with Gasteiger partial charge in [0.1, 0.15) is 0 Å². The van der Waals surface area contributed by atoms with Gasteiger partial charge in [0.05, 0.1) is 11.6 Å². The molecule has 17 heavy (non-hydrogen) atoms. The highest BCUT2D eigenvalue weighted by Crippen LogP contribution is 2.27. The van der Waals surface area contributed by atoms with Crippen LogP contribution in [0.4, 0.5) is 0 Å². The van der Waals surface area contributed by atoms with Gasteiger partial charge in [-0.3, -0.25) is 0 Å². The molecule has 0 heterocycles. The van der Waals surface area contributed by atoms with Crippen LogP contribution in [-0.4, -0.2) is 6.04 Å². The second-order valence-electron chi connectivity index (χ2n) is 4.98. The van der Waals surface area contributed by atoms with Crippen molar-refractivity contribution in [1.82, 2.24) is 5.32 Å². The second kappa shape index (κ2) is 5.84. The van der Waals surface area contributed by atoms with Gasteiger partial charge in [0.2, 0.25) is 0 Å². The minimum Gasteiger partial charge on any atom is -0.310 e. The molecular formula is C15H20N2. The molecule has 1 aromatic rings. The van der Waals surface area contributed by atoms with E-state index in [1.54, 1.807) is 0 Å². The fourth-order valence-corrected chi connectivity index (χ4v) is 2.68. The van der Waals surface area contributed by atoms with Gasteiger partial charge in [-0.05, 0) is 37.3 Å². The summed E-state index contributed by atoms with van der Waals surface area (Å²) in [6, 6.07) is 10.6. The SMILES string of the molecule is C[C@@H](NCc1ccccc1C#N)C1CCCC1. The zero-order chi connectivity index (χ0) is 12.1. The average molecular weight is 228 g/mol. The number of hydrogen-bond donors (Lipinski definition) is 1. The molecule has 1 aliphatic carbocycles. The first-order valence-corrected chi connectivity index (χ1v) is 6.52. The Morgan fingerprint density at radius 2 is 2.06 bits per heavy atom. The van der Waals surface area contributed by atoms with Crippen LogP contribution >= 0.6 is 0 Å². The van der Waals surface area contributed by atoms with E-state index in [0.29, 0.717) is 6.04 Å². The molecule has 2 rings (SSSR count). The molecule has 0 aromatic heterocycles. The maximum atomic E-state index is 9.02. The summed E-state index contributed by atoms with van der Waals surface area (Å²) in [5, 5.41) is 12.6. The van der Waals surface area contributed by atoms with Gasteiger partial charge in [0.25, 0.3) is 0 Å². The van der Waals surface area contributed by atoms with Crippen LogP contribution in [0.15, 0.2) is 24.3 Å². The lowest BCUT2D eigenvalue weighted by atomic mass is 9.99. The van der Waals surface area contributed by atoms with E-state index in [-0.39, 0.29) is 0 Å². The third kappa shape index (κ3) is 3.08. The summed E-state index contributed by atoms with van der Waals surface area (Å²) in [4.78, 5) is 0. The normalized spacial score (nSPS) is 17.9. The molecule has 0 aliphatic heterocycles. The monoisotopic (exact) mass is 228 g/mol. The number of nitrogens with one attached hydrogen (secondary N) is 1. The van der Waals surface area contributed by atoms with Crippen molar-refractivity contribution in [3.63, 3.8) is 0 Å². The quantitative estimate of drug-likeness (QED) is 0.858. The lowest BCUT2D eigenvalue weighted by molar-refractivity contribution is 0.380. The Balaban J connectivity index is 1.91. The fraction of sp³-hybridized carbons (Fsp3) is 0.533. The van der Waals surface area contributed by atoms with E-state index in [9.17, 15) is 0 Å². The maximum absolute atomic E-state index is 9.02. The largest absolute Gasteiger partial charge is 0.310 e. The van der Waals surface area contributed by atoms with E-state index in [1.807, 2.05) is 24.3 Å². The highest BCUT2D eigenvalue weighted by atomic mass is 14.9. The summed E-state index contributed by atoms with van der Waals surface area (Å²) in [5.74, 6) is 0.823. The number of rotatable bonds is 4. The van der Waals surface area contributed by atoms with Crippen LogP contribution in [0.3, 0.4) is 0 Å². The summed E-state index contributed by atoms with van der Waals surface area (Å²) in [6.07, 6.45) is 5.47. The Hall–Kier alpha value is -1.33. The molecule has 0 unspecified atom stereocenters. The highest BCUT2D eigenvalue weighted by molar-refractivity contribution is 5.37. The molecule has 2 nitrogen and oxygen atoms in total. The Labute approximate surface area is 104 Å². The van der Waals surface area contributed by atoms with E-state index in [2.05, 4.69) is 18.3 Å². The minimum atomic E-state index is 0.559. The second-order valence-corrected chi connectivity index (χ2v) is 4.98. The Morgan fingerprint density at radius 1 is 1.35 bits per heavy atom. The molecule has 1 saturated carbocycles. The van der Waals surface area contributed by atoms with Crippen molar-refractivity contribution < 1.29 is 0 Å². The molecule has 1 N–H and O–H groups in total. The smallest absolute Gasteiger partial charge is 0.0995 e. The van der Waals surface area contributed by atoms with Crippen molar-refractivity contribution in [3.8, 4) is 6.07 Å². The molecule has 1 atom stereocenters. The first kappa shape index (κ1) is 12.1. The van der Waals surface area contributed by atoms with Gasteiger partial charge in [-0.25, -0.2) is 0 Å². The molecule has 0 radical (unpaired) electrons. The topological polar surface area (TPSA) is 35.8 Å². The van der Waals surface area contributed by atoms with Gasteiger partial charge in [-0.1, -0.05) is 31.0 Å². The standard InChI is InChI=1S/C15H20N2/c1-12(13-6-2-3-7-13)17-11-15-9-5-4-8-14(15)10-16/h4-5,8-9,12-13,17H,2-3,6-7,11H2,1H3/t12-/m1/s1. The zero-order valence-corrected chi connectivity index (χ0v) is 10.4. The van der Waals surface area contributed by atoms with Crippen LogP contribution in [0.1, 0.15) is 43.7 Å². The summed E-state index contributed by atoms with van der Waals surface area (Å²) >= 11 is 0. The number of benzene rings is 1. The van der Waals surface area contributed by atoms with Crippen LogP contribution in [0, 0.1) is 17.2 Å². The molecule has 1 aliphatic rings. The molecular weight excluding hydrogens is 208 g/mol. The van der Waals surface area contributed by atoms with Gasteiger partial charge >= 0.3 is 0 Å². The lowest BCUT2D eigenvalue weighted by Crippen LogP contribution is -2.31. The van der Waals surface area contributed by atoms with Gasteiger partial charge < -0.3 is 5.32 Å². The van der Waals surface area contributed by atoms with Gasteiger partial charge in [0, 0.05) is 12.6 Å². The van der Waals surface area contributed by atoms with Crippen LogP contribution in [-0.2, 0) is 6.54 Å². The Bertz CT molecular complexity index is 400. The van der Waals surface area contributed by atoms with E-state index in [0.717, 1.165) is 23.6 Å². The van der Waals surface area contributed by atoms with E-state index in [1.165, 1.54) is 25.7 Å². The summed E-state index contributed by atoms with van der Waals surface area (Å²) in [6.45, 7) is 3.08. The van der Waals surface area contributed by atoms with Gasteiger partial charge in [0.15, 0.2) is 0 Å². The Kier molecular flexibility index (Phi) is 4.17. The molecule has 1 fully saturated rings. The third-order valence-corrected chi connectivity index (χ3v) is 3.86. The first-order chi connectivity index (χ1) is 8.31. The molecule has 2 heteroatoms. The molecule has 0 bridgehead atoms. The van der Waals surface area contributed by atoms with Crippen LogP contribution in [0.25, 0.3) is 0 Å². The van der Waals surface area contributed by atoms with Crippen molar-refractivity contribution in [2.24, 2.45) is 5.92 Å². The summed E-state index contributed by atoms with van der Waals surface area (Å²) < 4.78 is 0. The molecule has 0 saturated heterocycles. The highest BCUT2D eigenvalue weighted by Gasteiger charge is 2.20. The summed E-state index contributed by atoms with van der Waals surface area (Å²) in [5.41, 5.74) is 1.90. The molecule has 90 valence electrons. The van der Waals surface area contributed by atoms with Crippen LogP contribution in [0.2, 0.25) is 0 Å². The molecule has 0 spiro atoms. The maximum Gasteiger partial charge on any atom is 0.0995 e. The average Bonchev–Trinajstić information content (AvgIpc) is 2.90. The van der Waals surface area contributed by atoms with Crippen LogP contribution < -0.4 is 5.32 Å². The van der Waals surface area contributed by atoms with E-state index >= 15 is 0 Å². The predicted molar refractivity (Wildman–Crippen MR) is 69.4 cm³/mol. The lowest BCUT2D eigenvalue weighted by Gasteiger charge is -2.20. The van der Waals surface area contributed by atoms with Crippen LogP contribution in [0.5, 0.6) is 0 Å². The van der Waals surface area contributed by atoms with Gasteiger partial charge in [-0.2, -0.15) is 5.26 Å². The first-order valence-electron chi connectivity index (χ1n) is 6.52. The van der Waals surface area contributed by atoms with Crippen molar-refractivity contribution in [3.05, 3.63) is 35.4 Å². The van der Waals surface area contributed by atoms with Crippen molar-refractivity contribution in [1.29, 1.82) is 5.26 Å². The van der Waals surface area contributed by atoms with Crippen molar-refractivity contribution in [2.75, 3.05) is 0 Å². The van der Waals surface area contributed by atoms with Gasteiger partial charge in [-0.15, -0.1) is 0 Å². The molecule has 0 amide bonds. The third-order valence-electron chi connectivity index (χ3n) is 3.86. The summed E-state index contributed by atoms with van der Waals surface area (Å²) in [7, 11) is 0. The predicted octanol–water partition coefficient (Wildman–Crippen LogP) is 3.23. The zero-order valence-electron chi connectivity index (χ0n) is 10.4. The van der Waals surface area contributed by atoms with E-state index in [4.69, 9.17) is 5.26 Å². The molecule has 1 aromatic carbocycles. The Morgan fingerprint density at radius 3 is 2.76 bits per heavy atom. The fourth-order valence-electron chi connectivity index (χ4n) is 2.68. The minimum absolute atomic E-state index is 0.559.